The van der Waals surface area contributed by atoms with Crippen LogP contribution in [-0.4, -0.2) is 36.6 Å². The molecule has 0 aliphatic carbocycles. The SMILES string of the molecule is CCCC(CCC)N1CCC(C)(NC)CC1. The van der Waals surface area contributed by atoms with Gasteiger partial charge in [0.15, 0.2) is 0 Å². The minimum absolute atomic E-state index is 0.388. The monoisotopic (exact) mass is 226 g/mol. The van der Waals surface area contributed by atoms with E-state index in [1.165, 1.54) is 51.6 Å². The molecule has 1 aliphatic heterocycles. The van der Waals surface area contributed by atoms with Gasteiger partial charge in [0.05, 0.1) is 0 Å². The fourth-order valence-electron chi connectivity index (χ4n) is 2.81. The zero-order chi connectivity index (χ0) is 12.0. The van der Waals surface area contributed by atoms with Gasteiger partial charge in [0.25, 0.3) is 0 Å². The predicted octanol–water partition coefficient (Wildman–Crippen LogP) is 3.03. The Balaban J connectivity index is 2.43. The summed E-state index contributed by atoms with van der Waals surface area (Å²) in [5, 5.41) is 3.48. The predicted molar refractivity (Wildman–Crippen MR) is 71.9 cm³/mol. The fourth-order valence-corrected chi connectivity index (χ4v) is 2.81. The van der Waals surface area contributed by atoms with E-state index < -0.39 is 0 Å². The molecule has 2 heteroatoms. The first-order chi connectivity index (χ1) is 7.65. The van der Waals surface area contributed by atoms with E-state index in [0.29, 0.717) is 5.54 Å². The number of rotatable bonds is 6. The number of nitrogens with zero attached hydrogens (tertiary/aromatic N) is 1. The Hall–Kier alpha value is -0.0800. The lowest BCUT2D eigenvalue weighted by Gasteiger charge is -2.42. The van der Waals surface area contributed by atoms with Crippen LogP contribution in [0.5, 0.6) is 0 Å². The number of nitrogens with one attached hydrogen (secondary N) is 1. The minimum Gasteiger partial charge on any atom is -0.314 e. The summed E-state index contributed by atoms with van der Waals surface area (Å²) in [6, 6.07) is 0.844. The first-order valence-electron chi connectivity index (χ1n) is 7.08. The molecule has 1 aliphatic rings. The third-order valence-electron chi connectivity index (χ3n) is 4.27. The van der Waals surface area contributed by atoms with Crippen LogP contribution in [0.15, 0.2) is 0 Å². The van der Waals surface area contributed by atoms with Crippen LogP contribution in [0.4, 0.5) is 0 Å². The molecule has 1 fully saturated rings. The molecule has 0 unspecified atom stereocenters. The maximum atomic E-state index is 3.48. The van der Waals surface area contributed by atoms with E-state index in [2.05, 4.69) is 38.0 Å². The van der Waals surface area contributed by atoms with E-state index in [4.69, 9.17) is 0 Å². The van der Waals surface area contributed by atoms with Crippen molar-refractivity contribution in [2.75, 3.05) is 20.1 Å². The molecule has 0 radical (unpaired) electrons. The van der Waals surface area contributed by atoms with Crippen molar-refractivity contribution >= 4 is 0 Å². The number of piperidine rings is 1. The van der Waals surface area contributed by atoms with Gasteiger partial charge in [0, 0.05) is 24.7 Å². The first-order valence-corrected chi connectivity index (χ1v) is 7.08. The van der Waals surface area contributed by atoms with Gasteiger partial charge in [-0.2, -0.15) is 0 Å². The lowest BCUT2D eigenvalue weighted by Crippen LogP contribution is -2.52. The van der Waals surface area contributed by atoms with Crippen LogP contribution in [0, 0.1) is 0 Å². The normalized spacial score (nSPS) is 21.6. The highest BCUT2D eigenvalue weighted by Gasteiger charge is 2.30. The van der Waals surface area contributed by atoms with Crippen LogP contribution >= 0.6 is 0 Å². The van der Waals surface area contributed by atoms with Crippen molar-refractivity contribution in [1.82, 2.24) is 10.2 Å². The van der Waals surface area contributed by atoms with Gasteiger partial charge in [-0.3, -0.25) is 0 Å². The highest BCUT2D eigenvalue weighted by molar-refractivity contribution is 4.90. The van der Waals surface area contributed by atoms with Gasteiger partial charge in [-0.15, -0.1) is 0 Å². The second kappa shape index (κ2) is 6.61. The first kappa shape index (κ1) is 14.0. The molecular formula is C14H30N2. The van der Waals surface area contributed by atoms with E-state index >= 15 is 0 Å². The topological polar surface area (TPSA) is 15.3 Å². The molecule has 0 aromatic rings. The lowest BCUT2D eigenvalue weighted by atomic mass is 9.88. The molecule has 0 aromatic carbocycles. The third kappa shape index (κ3) is 3.74. The Morgan fingerprint density at radius 1 is 1.12 bits per heavy atom. The van der Waals surface area contributed by atoms with E-state index in [0.717, 1.165) is 6.04 Å². The van der Waals surface area contributed by atoms with Crippen LogP contribution in [0.25, 0.3) is 0 Å². The Kier molecular flexibility index (Phi) is 5.77. The van der Waals surface area contributed by atoms with Crippen molar-refractivity contribution in [2.45, 2.75) is 70.9 Å². The number of hydrogen-bond donors (Lipinski definition) is 1. The molecule has 96 valence electrons. The second-order valence-electron chi connectivity index (χ2n) is 5.58. The molecule has 0 spiro atoms. The van der Waals surface area contributed by atoms with Crippen LogP contribution in [0.1, 0.15) is 59.3 Å². The van der Waals surface area contributed by atoms with Crippen molar-refractivity contribution in [3.05, 3.63) is 0 Å². The van der Waals surface area contributed by atoms with Crippen LogP contribution in [0.2, 0.25) is 0 Å². The summed E-state index contributed by atoms with van der Waals surface area (Å²) in [4.78, 5) is 2.73. The standard InChI is InChI=1S/C14H30N2/c1-5-7-13(8-6-2)16-11-9-14(3,15-4)10-12-16/h13,15H,5-12H2,1-4H3. The molecular weight excluding hydrogens is 196 g/mol. The molecule has 0 atom stereocenters. The molecule has 1 heterocycles. The zero-order valence-electron chi connectivity index (χ0n) is 11.7. The summed E-state index contributed by atoms with van der Waals surface area (Å²) in [6.07, 6.45) is 8.00. The lowest BCUT2D eigenvalue weighted by molar-refractivity contribution is 0.0996. The Bertz CT molecular complexity index is 177. The van der Waals surface area contributed by atoms with Gasteiger partial charge in [-0.25, -0.2) is 0 Å². The van der Waals surface area contributed by atoms with Crippen molar-refractivity contribution in [3.8, 4) is 0 Å². The summed E-state index contributed by atoms with van der Waals surface area (Å²) in [7, 11) is 2.10. The molecule has 0 amide bonds. The third-order valence-corrected chi connectivity index (χ3v) is 4.27. The van der Waals surface area contributed by atoms with Crippen molar-refractivity contribution in [1.29, 1.82) is 0 Å². The minimum atomic E-state index is 0.388. The van der Waals surface area contributed by atoms with Crippen LogP contribution in [0.3, 0.4) is 0 Å². The molecule has 0 aromatic heterocycles. The molecule has 1 rings (SSSR count). The van der Waals surface area contributed by atoms with E-state index in [1.54, 1.807) is 0 Å². The van der Waals surface area contributed by atoms with Gasteiger partial charge in [-0.05, 0) is 39.7 Å². The average molecular weight is 226 g/mol. The quantitative estimate of drug-likeness (QED) is 0.749. The van der Waals surface area contributed by atoms with Gasteiger partial charge in [0.1, 0.15) is 0 Å². The van der Waals surface area contributed by atoms with Crippen LogP contribution in [-0.2, 0) is 0 Å². The summed E-state index contributed by atoms with van der Waals surface area (Å²) in [6.45, 7) is 9.54. The Labute approximate surface area is 102 Å². The van der Waals surface area contributed by atoms with Gasteiger partial charge >= 0.3 is 0 Å². The summed E-state index contributed by atoms with van der Waals surface area (Å²) in [5.41, 5.74) is 0.388. The Morgan fingerprint density at radius 2 is 1.62 bits per heavy atom. The maximum Gasteiger partial charge on any atom is 0.0174 e. The van der Waals surface area contributed by atoms with Gasteiger partial charge in [0.2, 0.25) is 0 Å². The van der Waals surface area contributed by atoms with E-state index in [-0.39, 0.29) is 0 Å². The second-order valence-corrected chi connectivity index (χ2v) is 5.58. The number of hydrogen-bond acceptors (Lipinski definition) is 2. The van der Waals surface area contributed by atoms with E-state index in [1.807, 2.05) is 0 Å². The maximum absolute atomic E-state index is 3.48. The van der Waals surface area contributed by atoms with Gasteiger partial charge in [-0.1, -0.05) is 26.7 Å². The van der Waals surface area contributed by atoms with Crippen molar-refractivity contribution < 1.29 is 0 Å². The van der Waals surface area contributed by atoms with Crippen molar-refractivity contribution in [2.24, 2.45) is 0 Å². The molecule has 0 saturated carbocycles. The average Bonchev–Trinajstić information content (AvgIpc) is 2.30. The molecule has 1 saturated heterocycles. The van der Waals surface area contributed by atoms with E-state index in [9.17, 15) is 0 Å². The molecule has 0 bridgehead atoms. The van der Waals surface area contributed by atoms with Gasteiger partial charge < -0.3 is 10.2 Å². The van der Waals surface area contributed by atoms with Crippen molar-refractivity contribution in [3.63, 3.8) is 0 Å². The number of likely N-dealkylation sites (tertiary alicyclic amines) is 1. The zero-order valence-corrected chi connectivity index (χ0v) is 11.7. The highest BCUT2D eigenvalue weighted by atomic mass is 15.2. The largest absolute Gasteiger partial charge is 0.314 e. The van der Waals surface area contributed by atoms with Crippen LogP contribution < -0.4 is 5.32 Å². The molecule has 2 nitrogen and oxygen atoms in total. The molecule has 1 N–H and O–H groups in total. The smallest absolute Gasteiger partial charge is 0.0174 e. The fraction of sp³-hybridized carbons (Fsp3) is 1.00. The highest BCUT2D eigenvalue weighted by Crippen LogP contribution is 2.25. The Morgan fingerprint density at radius 3 is 2.00 bits per heavy atom. The summed E-state index contributed by atoms with van der Waals surface area (Å²) >= 11 is 0. The molecule has 16 heavy (non-hydrogen) atoms. The summed E-state index contributed by atoms with van der Waals surface area (Å²) < 4.78 is 0. The summed E-state index contributed by atoms with van der Waals surface area (Å²) in [5.74, 6) is 0.